The van der Waals surface area contributed by atoms with Crippen LogP contribution in [-0.2, 0) is 0 Å². The fourth-order valence-corrected chi connectivity index (χ4v) is 1.42. The molecule has 0 aliphatic carbocycles. The predicted molar refractivity (Wildman–Crippen MR) is 60.7 cm³/mol. The van der Waals surface area contributed by atoms with Crippen LogP contribution in [0.4, 0.5) is 0 Å². The highest BCUT2D eigenvalue weighted by atomic mass is 16.4. The Morgan fingerprint density at radius 3 is 2.82 bits per heavy atom. The van der Waals surface area contributed by atoms with Crippen LogP contribution in [0.1, 0.15) is 28.6 Å². The number of hydrogen-bond acceptors (Lipinski definition) is 5. The van der Waals surface area contributed by atoms with E-state index >= 15 is 0 Å². The maximum atomic E-state index is 10.7. The molecule has 0 radical (unpaired) electrons. The second-order valence-electron chi connectivity index (χ2n) is 3.68. The Morgan fingerprint density at radius 1 is 1.53 bits per heavy atom. The van der Waals surface area contributed by atoms with Gasteiger partial charge in [-0.15, -0.1) is 0 Å². The second-order valence-corrected chi connectivity index (χ2v) is 3.68. The van der Waals surface area contributed by atoms with E-state index in [1.165, 1.54) is 18.3 Å². The van der Waals surface area contributed by atoms with Gasteiger partial charge in [0.1, 0.15) is 11.8 Å². The largest absolute Gasteiger partial charge is 0.477 e. The minimum absolute atomic E-state index is 0.151. The van der Waals surface area contributed by atoms with Gasteiger partial charge < -0.3 is 20.6 Å². The van der Waals surface area contributed by atoms with Crippen LogP contribution in [0.3, 0.4) is 0 Å². The molecule has 2 atom stereocenters. The fourth-order valence-electron chi connectivity index (χ4n) is 1.42. The van der Waals surface area contributed by atoms with Crippen molar-refractivity contribution in [3.05, 3.63) is 29.6 Å². The lowest BCUT2D eigenvalue weighted by Crippen LogP contribution is -2.23. The maximum Gasteiger partial charge on any atom is 0.354 e. The molecular weight excluding hydrogens is 224 g/mol. The second kappa shape index (κ2) is 6.29. The zero-order valence-electron chi connectivity index (χ0n) is 9.50. The highest BCUT2D eigenvalue weighted by Gasteiger charge is 2.19. The van der Waals surface area contributed by atoms with E-state index in [0.29, 0.717) is 18.5 Å². The minimum Gasteiger partial charge on any atom is -0.477 e. The molecule has 1 rings (SSSR count). The molecule has 6 nitrogen and oxygen atoms in total. The molecule has 6 heteroatoms. The Kier molecular flexibility index (Phi) is 5.02. The van der Waals surface area contributed by atoms with Gasteiger partial charge in [-0.25, -0.2) is 9.78 Å². The van der Waals surface area contributed by atoms with Crippen LogP contribution in [0.15, 0.2) is 18.3 Å². The van der Waals surface area contributed by atoms with Gasteiger partial charge >= 0.3 is 5.97 Å². The van der Waals surface area contributed by atoms with Crippen LogP contribution < -0.4 is 5.32 Å². The number of carboxylic acids is 1. The van der Waals surface area contributed by atoms with Gasteiger partial charge in [-0.3, -0.25) is 0 Å². The van der Waals surface area contributed by atoms with Crippen molar-refractivity contribution in [2.45, 2.75) is 18.6 Å². The van der Waals surface area contributed by atoms with E-state index in [0.717, 1.165) is 0 Å². The highest BCUT2D eigenvalue weighted by Crippen LogP contribution is 2.18. The summed E-state index contributed by atoms with van der Waals surface area (Å²) in [7, 11) is 1.74. The third-order valence-corrected chi connectivity index (χ3v) is 2.40. The molecule has 0 fully saturated rings. The zero-order chi connectivity index (χ0) is 12.8. The molecular formula is C11H16N2O4. The molecule has 4 N–H and O–H groups in total. The number of nitrogens with one attached hydrogen (secondary N) is 1. The van der Waals surface area contributed by atoms with Crippen LogP contribution in [0.5, 0.6) is 0 Å². The molecule has 0 aromatic carbocycles. The number of carboxylic acid groups (broad SMARTS) is 1. The first-order valence-electron chi connectivity index (χ1n) is 5.26. The summed E-state index contributed by atoms with van der Waals surface area (Å²) in [6.07, 6.45) is -0.370. The quantitative estimate of drug-likeness (QED) is 0.548. The van der Waals surface area contributed by atoms with E-state index in [-0.39, 0.29) is 5.69 Å². The molecule has 17 heavy (non-hydrogen) atoms. The summed E-state index contributed by atoms with van der Waals surface area (Å²) in [4.78, 5) is 14.3. The average molecular weight is 240 g/mol. The standard InChI is InChI=1S/C11H16N2O4/c1-12-4-3-9(14)10(15)7-2-5-13-8(6-7)11(16)17/h2,5-6,9-10,12,14-15H,3-4H2,1H3,(H,16,17). The number of aromatic nitrogens is 1. The number of hydrogen-bond donors (Lipinski definition) is 4. The Labute approximate surface area is 98.9 Å². The topological polar surface area (TPSA) is 103 Å². The third kappa shape index (κ3) is 3.77. The van der Waals surface area contributed by atoms with Crippen molar-refractivity contribution < 1.29 is 20.1 Å². The van der Waals surface area contributed by atoms with Crippen molar-refractivity contribution in [1.29, 1.82) is 0 Å². The molecule has 94 valence electrons. The van der Waals surface area contributed by atoms with Crippen molar-refractivity contribution in [3.63, 3.8) is 0 Å². The van der Waals surface area contributed by atoms with Crippen LogP contribution in [0.25, 0.3) is 0 Å². The highest BCUT2D eigenvalue weighted by molar-refractivity contribution is 5.85. The predicted octanol–water partition coefficient (Wildman–Crippen LogP) is -0.216. The normalized spacial score (nSPS) is 14.3. The summed E-state index contributed by atoms with van der Waals surface area (Å²) in [6, 6.07) is 2.75. The SMILES string of the molecule is CNCCC(O)C(O)c1ccnc(C(=O)O)c1. The first-order valence-corrected chi connectivity index (χ1v) is 5.26. The smallest absolute Gasteiger partial charge is 0.354 e. The van der Waals surface area contributed by atoms with Gasteiger partial charge in [-0.05, 0) is 37.7 Å². The molecule has 0 saturated heterocycles. The number of nitrogens with zero attached hydrogens (tertiary/aromatic N) is 1. The van der Waals surface area contributed by atoms with Crippen molar-refractivity contribution in [2.24, 2.45) is 0 Å². The van der Waals surface area contributed by atoms with E-state index < -0.39 is 18.2 Å². The summed E-state index contributed by atoms with van der Waals surface area (Å²) < 4.78 is 0. The molecule has 0 aliphatic heterocycles. The van der Waals surface area contributed by atoms with Crippen molar-refractivity contribution >= 4 is 5.97 Å². The van der Waals surface area contributed by atoms with Gasteiger partial charge in [0.05, 0.1) is 6.10 Å². The van der Waals surface area contributed by atoms with Crippen molar-refractivity contribution in [2.75, 3.05) is 13.6 Å². The lowest BCUT2D eigenvalue weighted by molar-refractivity contribution is 0.0139. The summed E-state index contributed by atoms with van der Waals surface area (Å²) >= 11 is 0. The number of rotatable bonds is 6. The fraction of sp³-hybridized carbons (Fsp3) is 0.455. The Bertz CT molecular complexity index is 383. The van der Waals surface area contributed by atoms with Gasteiger partial charge in [0.2, 0.25) is 0 Å². The Morgan fingerprint density at radius 2 is 2.24 bits per heavy atom. The van der Waals surface area contributed by atoms with Crippen LogP contribution >= 0.6 is 0 Å². The van der Waals surface area contributed by atoms with Gasteiger partial charge in [0, 0.05) is 6.20 Å². The molecule has 1 aromatic heterocycles. The van der Waals surface area contributed by atoms with E-state index in [4.69, 9.17) is 5.11 Å². The first kappa shape index (κ1) is 13.6. The molecule has 0 bridgehead atoms. The van der Waals surface area contributed by atoms with Crippen molar-refractivity contribution in [1.82, 2.24) is 10.3 Å². The molecule has 0 saturated carbocycles. The van der Waals surface area contributed by atoms with E-state index in [2.05, 4.69) is 10.3 Å². The first-order chi connectivity index (χ1) is 8.06. The molecule has 0 amide bonds. The number of aromatic carboxylic acids is 1. The van der Waals surface area contributed by atoms with Gasteiger partial charge in [-0.1, -0.05) is 0 Å². The van der Waals surface area contributed by atoms with Gasteiger partial charge in [0.15, 0.2) is 0 Å². The van der Waals surface area contributed by atoms with Crippen LogP contribution in [0, 0.1) is 0 Å². The lowest BCUT2D eigenvalue weighted by atomic mass is 10.0. The summed E-state index contributed by atoms with van der Waals surface area (Å²) in [6.45, 7) is 0.565. The number of aliphatic hydroxyl groups is 2. The summed E-state index contributed by atoms with van der Waals surface area (Å²) in [5, 5.41) is 31.1. The van der Waals surface area contributed by atoms with Gasteiger partial charge in [-0.2, -0.15) is 0 Å². The van der Waals surface area contributed by atoms with Crippen molar-refractivity contribution in [3.8, 4) is 0 Å². The number of pyridine rings is 1. The molecule has 1 aromatic rings. The third-order valence-electron chi connectivity index (χ3n) is 2.40. The molecule has 0 aliphatic rings. The number of aliphatic hydroxyl groups excluding tert-OH is 2. The molecule has 2 unspecified atom stereocenters. The van der Waals surface area contributed by atoms with Crippen LogP contribution in [0.2, 0.25) is 0 Å². The zero-order valence-corrected chi connectivity index (χ0v) is 9.50. The lowest BCUT2D eigenvalue weighted by Gasteiger charge is -2.18. The van der Waals surface area contributed by atoms with E-state index in [1.54, 1.807) is 7.05 Å². The monoisotopic (exact) mass is 240 g/mol. The molecule has 0 spiro atoms. The maximum absolute atomic E-state index is 10.7. The van der Waals surface area contributed by atoms with E-state index in [1.807, 2.05) is 0 Å². The van der Waals surface area contributed by atoms with E-state index in [9.17, 15) is 15.0 Å². The Balaban J connectivity index is 2.77. The van der Waals surface area contributed by atoms with Gasteiger partial charge in [0.25, 0.3) is 0 Å². The molecule has 1 heterocycles. The summed E-state index contributed by atoms with van der Waals surface area (Å²) in [5.74, 6) is -1.16. The summed E-state index contributed by atoms with van der Waals surface area (Å²) in [5.41, 5.74) is 0.198. The Hall–Kier alpha value is -1.50. The average Bonchev–Trinajstić information content (AvgIpc) is 2.35. The minimum atomic E-state index is -1.16. The van der Waals surface area contributed by atoms with Crippen LogP contribution in [-0.4, -0.2) is 46.0 Å². The number of carbonyl (C=O) groups is 1.